The van der Waals surface area contributed by atoms with Gasteiger partial charge in [-0.1, -0.05) is 78.9 Å². The van der Waals surface area contributed by atoms with E-state index in [2.05, 4.69) is 0 Å². The summed E-state index contributed by atoms with van der Waals surface area (Å²) in [5, 5.41) is -0.232. The molecule has 0 saturated carbocycles. The third kappa shape index (κ3) is 3.89. The molecule has 5 rings (SSSR count). The number of fused-ring (bicyclic) bond motifs is 1. The normalized spacial score (nSPS) is 21.1. The maximum absolute atomic E-state index is 13.8. The average molecular weight is 489 g/mol. The second-order valence-corrected chi connectivity index (χ2v) is 10.9. The molecule has 2 fully saturated rings. The molecule has 0 N–H and O–H groups in total. The number of hydrogen-bond acceptors (Lipinski definition) is 5. The molecule has 2 saturated heterocycles. The number of carbonyl (C=O) groups excluding carboxylic acids is 2. The fourth-order valence-corrected chi connectivity index (χ4v) is 6.48. The van der Waals surface area contributed by atoms with E-state index in [4.69, 9.17) is 17.0 Å². The molecule has 0 unspecified atom stereocenters. The van der Waals surface area contributed by atoms with Gasteiger partial charge < -0.3 is 9.64 Å². The smallest absolute Gasteiger partial charge is 0.331 e. The molecule has 2 aliphatic rings. The predicted molar refractivity (Wildman–Crippen MR) is 138 cm³/mol. The molecule has 5 nitrogen and oxygen atoms in total. The van der Waals surface area contributed by atoms with Gasteiger partial charge in [0, 0.05) is 4.75 Å². The molecular weight excluding hydrogens is 464 g/mol. The molecule has 172 valence electrons. The first kappa shape index (κ1) is 22.6. The average Bonchev–Trinajstić information content (AvgIpc) is 3.27. The van der Waals surface area contributed by atoms with Crippen molar-refractivity contribution in [2.24, 2.45) is 0 Å². The number of rotatable bonds is 5. The van der Waals surface area contributed by atoms with Crippen molar-refractivity contribution in [1.29, 1.82) is 0 Å². The Bertz CT molecular complexity index is 1180. The summed E-state index contributed by atoms with van der Waals surface area (Å²) in [7, 11) is 0. The molecule has 0 aromatic heterocycles. The van der Waals surface area contributed by atoms with Gasteiger partial charge in [-0.2, -0.15) is 0 Å². The van der Waals surface area contributed by atoms with Crippen LogP contribution in [0.25, 0.3) is 0 Å². The number of ether oxygens (including phenoxy) is 1. The van der Waals surface area contributed by atoms with Crippen LogP contribution in [-0.4, -0.2) is 38.1 Å². The van der Waals surface area contributed by atoms with Gasteiger partial charge in [-0.3, -0.25) is 9.69 Å². The monoisotopic (exact) mass is 488 g/mol. The lowest BCUT2D eigenvalue weighted by molar-refractivity contribution is -0.153. The van der Waals surface area contributed by atoms with Crippen molar-refractivity contribution < 1.29 is 14.3 Å². The van der Waals surface area contributed by atoms with Crippen LogP contribution in [0.4, 0.5) is 5.69 Å². The van der Waals surface area contributed by atoms with E-state index in [0.29, 0.717) is 10.8 Å². The van der Waals surface area contributed by atoms with Crippen molar-refractivity contribution in [2.75, 3.05) is 4.90 Å². The summed E-state index contributed by atoms with van der Waals surface area (Å²) in [5.74, 6) is -0.532. The third-order valence-electron chi connectivity index (χ3n) is 6.12. The topological polar surface area (TPSA) is 49.9 Å². The van der Waals surface area contributed by atoms with E-state index in [1.54, 1.807) is 4.90 Å². The number of anilines is 1. The van der Waals surface area contributed by atoms with Gasteiger partial charge in [0.25, 0.3) is 5.91 Å². The Balaban J connectivity index is 1.48. The fraction of sp³-hybridized carbons (Fsp3) is 0.222. The van der Waals surface area contributed by atoms with Crippen LogP contribution in [0.3, 0.4) is 0 Å². The number of amides is 1. The Labute approximate surface area is 208 Å². The molecule has 2 aliphatic heterocycles. The van der Waals surface area contributed by atoms with Crippen molar-refractivity contribution >= 4 is 46.7 Å². The number of benzene rings is 3. The molecule has 7 heteroatoms. The van der Waals surface area contributed by atoms with E-state index in [0.717, 1.165) is 11.1 Å². The zero-order valence-corrected chi connectivity index (χ0v) is 20.5. The first-order valence-corrected chi connectivity index (χ1v) is 12.4. The summed E-state index contributed by atoms with van der Waals surface area (Å²) in [6.45, 7) is 3.93. The van der Waals surface area contributed by atoms with E-state index in [-0.39, 0.29) is 5.91 Å². The highest BCUT2D eigenvalue weighted by molar-refractivity contribution is 8.02. The summed E-state index contributed by atoms with van der Waals surface area (Å²) >= 11 is 7.20. The van der Waals surface area contributed by atoms with Gasteiger partial charge in [0.2, 0.25) is 0 Å². The molecule has 0 bridgehead atoms. The van der Waals surface area contributed by atoms with Gasteiger partial charge >= 0.3 is 5.97 Å². The maximum atomic E-state index is 13.8. The van der Waals surface area contributed by atoms with E-state index in [9.17, 15) is 9.59 Å². The van der Waals surface area contributed by atoms with Crippen LogP contribution in [0.5, 0.6) is 0 Å². The SMILES string of the molecule is CC1(C)S[C@@H]2C(=O)N(c3ccccc3)C(=S)N2[C@H]1C(=O)OC(c1ccccc1)c1ccccc1. The van der Waals surface area contributed by atoms with Crippen molar-refractivity contribution in [3.8, 4) is 0 Å². The minimum atomic E-state index is -0.706. The van der Waals surface area contributed by atoms with Crippen molar-refractivity contribution in [3.63, 3.8) is 0 Å². The molecule has 0 radical (unpaired) electrons. The molecule has 1 amide bonds. The minimum absolute atomic E-state index is 0.132. The van der Waals surface area contributed by atoms with E-state index in [1.807, 2.05) is 105 Å². The molecule has 3 aromatic rings. The van der Waals surface area contributed by atoms with E-state index >= 15 is 0 Å². The minimum Gasteiger partial charge on any atom is -0.451 e. The van der Waals surface area contributed by atoms with Crippen molar-refractivity contribution in [3.05, 3.63) is 102 Å². The molecule has 34 heavy (non-hydrogen) atoms. The van der Waals surface area contributed by atoms with Gasteiger partial charge in [-0.15, -0.1) is 11.8 Å². The quantitative estimate of drug-likeness (QED) is 0.365. The Morgan fingerprint density at radius 1 is 0.912 bits per heavy atom. The largest absolute Gasteiger partial charge is 0.451 e. The lowest BCUT2D eigenvalue weighted by atomic mass is 9.99. The molecule has 3 aromatic carbocycles. The van der Waals surface area contributed by atoms with Gasteiger partial charge in [-0.05, 0) is 49.3 Å². The van der Waals surface area contributed by atoms with Crippen LogP contribution in [-0.2, 0) is 14.3 Å². The van der Waals surface area contributed by atoms with Gasteiger partial charge in [-0.25, -0.2) is 4.79 Å². The molecule has 0 spiro atoms. The Hall–Kier alpha value is -3.16. The summed E-state index contributed by atoms with van der Waals surface area (Å²) in [5.41, 5.74) is 2.46. The van der Waals surface area contributed by atoms with E-state index < -0.39 is 28.2 Å². The molecular formula is C27H24N2O3S2. The zero-order valence-electron chi connectivity index (χ0n) is 18.8. The first-order valence-electron chi connectivity index (χ1n) is 11.1. The highest BCUT2D eigenvalue weighted by Gasteiger charge is 2.61. The first-order chi connectivity index (χ1) is 16.4. The third-order valence-corrected chi connectivity index (χ3v) is 8.00. The number of carbonyl (C=O) groups is 2. The molecule has 0 aliphatic carbocycles. The van der Waals surface area contributed by atoms with Crippen LogP contribution in [0, 0.1) is 0 Å². The van der Waals surface area contributed by atoms with Crippen molar-refractivity contribution in [1.82, 2.24) is 4.90 Å². The number of thiocarbonyl (C=S) groups is 1. The molecule has 2 heterocycles. The van der Waals surface area contributed by atoms with Gasteiger partial charge in [0.15, 0.2) is 16.6 Å². The summed E-state index contributed by atoms with van der Waals surface area (Å²) in [4.78, 5) is 30.4. The van der Waals surface area contributed by atoms with Crippen molar-refractivity contribution in [2.45, 2.75) is 36.1 Å². The highest BCUT2D eigenvalue weighted by atomic mass is 32.2. The highest BCUT2D eigenvalue weighted by Crippen LogP contribution is 2.49. The van der Waals surface area contributed by atoms with Crippen LogP contribution in [0.2, 0.25) is 0 Å². The number of nitrogens with zero attached hydrogens (tertiary/aromatic N) is 2. The summed E-state index contributed by atoms with van der Waals surface area (Å²) < 4.78 is 5.62. The summed E-state index contributed by atoms with van der Waals surface area (Å²) in [6.07, 6.45) is -0.563. The van der Waals surface area contributed by atoms with Gasteiger partial charge in [0.1, 0.15) is 6.04 Å². The van der Waals surface area contributed by atoms with Gasteiger partial charge in [0.05, 0.1) is 5.69 Å². The Morgan fingerprint density at radius 2 is 1.41 bits per heavy atom. The predicted octanol–water partition coefficient (Wildman–Crippen LogP) is 5.17. The van der Waals surface area contributed by atoms with Crippen LogP contribution in [0.15, 0.2) is 91.0 Å². The lowest BCUT2D eigenvalue weighted by Gasteiger charge is -2.32. The second kappa shape index (κ2) is 8.89. The maximum Gasteiger partial charge on any atom is 0.331 e. The number of esters is 1. The lowest BCUT2D eigenvalue weighted by Crippen LogP contribution is -2.50. The molecule has 2 atom stereocenters. The standard InChI is InChI=1S/C27H24N2O3S2/c1-27(2)22(29-24(34-27)23(30)28(26(29)33)20-16-10-5-11-17-20)25(31)32-21(18-12-6-3-7-13-18)19-14-8-4-9-15-19/h3-17,21-22,24H,1-2H3/t22-,24+/m0/s1. The van der Waals surface area contributed by atoms with Crippen LogP contribution in [0.1, 0.15) is 31.1 Å². The summed E-state index contributed by atoms with van der Waals surface area (Å²) in [6, 6.07) is 28.0. The Kier molecular flexibility index (Phi) is 5.91. The number of para-hydroxylation sites is 1. The van der Waals surface area contributed by atoms with Crippen LogP contribution >= 0.6 is 24.0 Å². The fourth-order valence-electron chi connectivity index (χ4n) is 4.56. The van der Waals surface area contributed by atoms with E-state index in [1.165, 1.54) is 16.7 Å². The number of thioether (sulfide) groups is 1. The Morgan fingerprint density at radius 3 is 1.94 bits per heavy atom. The second-order valence-electron chi connectivity index (χ2n) is 8.81. The van der Waals surface area contributed by atoms with Crippen LogP contribution < -0.4 is 4.90 Å². The number of hydrogen-bond donors (Lipinski definition) is 0. The zero-order chi connectivity index (χ0) is 23.9.